The Hall–Kier alpha value is -2.64. The third-order valence-electron chi connectivity index (χ3n) is 3.16. The van der Waals surface area contributed by atoms with E-state index in [1.54, 1.807) is 12.1 Å². The van der Waals surface area contributed by atoms with Crippen molar-refractivity contribution in [2.75, 3.05) is 5.32 Å². The van der Waals surface area contributed by atoms with E-state index in [1.807, 2.05) is 20.8 Å². The maximum atomic E-state index is 11.5. The maximum Gasteiger partial charge on any atom is 0.364 e. The van der Waals surface area contributed by atoms with Crippen LogP contribution in [0.5, 0.6) is 0 Å². The Morgan fingerprint density at radius 1 is 1.40 bits per heavy atom. The second kappa shape index (κ2) is 4.48. The first kappa shape index (κ1) is 12.4. The monoisotopic (exact) mass is 274 g/mol. The van der Waals surface area contributed by atoms with Gasteiger partial charge in [-0.15, -0.1) is 5.10 Å². The Bertz CT molecular complexity index is 795. The molecule has 0 bridgehead atoms. The fraction of sp³-hybridized carbons (Fsp3) is 0.333. The van der Waals surface area contributed by atoms with Gasteiger partial charge in [0.2, 0.25) is 0 Å². The van der Waals surface area contributed by atoms with Crippen LogP contribution in [0.15, 0.2) is 21.5 Å². The number of aryl methyl sites for hydroxylation is 2. The molecular formula is C12H14N6O2. The van der Waals surface area contributed by atoms with E-state index in [1.165, 1.54) is 4.52 Å². The van der Waals surface area contributed by atoms with Crippen molar-refractivity contribution in [3.63, 3.8) is 0 Å². The highest BCUT2D eigenvalue weighted by molar-refractivity contribution is 5.45. The molecule has 3 aromatic rings. The van der Waals surface area contributed by atoms with Gasteiger partial charge in [-0.1, -0.05) is 5.16 Å². The average molecular weight is 274 g/mol. The fourth-order valence-electron chi connectivity index (χ4n) is 2.28. The molecule has 1 unspecified atom stereocenters. The lowest BCUT2D eigenvalue weighted by Gasteiger charge is -2.13. The third-order valence-corrected chi connectivity index (χ3v) is 3.16. The zero-order valence-electron chi connectivity index (χ0n) is 11.3. The summed E-state index contributed by atoms with van der Waals surface area (Å²) in [6.45, 7) is 5.74. The van der Waals surface area contributed by atoms with Gasteiger partial charge < -0.3 is 9.84 Å². The highest BCUT2D eigenvalue weighted by Crippen LogP contribution is 2.23. The smallest absolute Gasteiger partial charge is 0.362 e. The van der Waals surface area contributed by atoms with Crippen molar-refractivity contribution >= 4 is 11.5 Å². The lowest BCUT2D eigenvalue weighted by Crippen LogP contribution is -2.15. The van der Waals surface area contributed by atoms with Gasteiger partial charge in [-0.05, 0) is 32.9 Å². The van der Waals surface area contributed by atoms with Crippen LogP contribution in [0.3, 0.4) is 0 Å². The summed E-state index contributed by atoms with van der Waals surface area (Å²) in [6, 6.07) is 3.45. The molecule has 1 atom stereocenters. The van der Waals surface area contributed by atoms with Crippen LogP contribution in [0.1, 0.15) is 30.0 Å². The molecule has 0 fully saturated rings. The van der Waals surface area contributed by atoms with Crippen LogP contribution in [-0.4, -0.2) is 25.0 Å². The Kier molecular flexibility index (Phi) is 2.78. The molecular weight excluding hydrogens is 260 g/mol. The van der Waals surface area contributed by atoms with Crippen LogP contribution < -0.4 is 11.0 Å². The Morgan fingerprint density at radius 2 is 2.20 bits per heavy atom. The lowest BCUT2D eigenvalue weighted by atomic mass is 10.1. The van der Waals surface area contributed by atoms with Crippen molar-refractivity contribution in [3.05, 3.63) is 39.6 Å². The minimum Gasteiger partial charge on any atom is -0.362 e. The van der Waals surface area contributed by atoms with E-state index in [4.69, 9.17) is 4.52 Å². The summed E-state index contributed by atoms with van der Waals surface area (Å²) < 4.78 is 6.36. The van der Waals surface area contributed by atoms with Gasteiger partial charge in [-0.25, -0.2) is 9.89 Å². The lowest BCUT2D eigenvalue weighted by molar-refractivity contribution is 0.392. The largest absolute Gasteiger partial charge is 0.364 e. The number of nitrogens with zero attached hydrogens (tertiary/aromatic N) is 4. The SMILES string of the molecule is Cc1noc(C)c1C(C)Nc1ccc2n[nH]c(=O)n2n1. The predicted octanol–water partition coefficient (Wildman–Crippen LogP) is 1.20. The Labute approximate surface area is 113 Å². The summed E-state index contributed by atoms with van der Waals surface area (Å²) in [6.07, 6.45) is 0. The molecule has 0 saturated heterocycles. The number of aromatic nitrogens is 5. The van der Waals surface area contributed by atoms with E-state index in [0.717, 1.165) is 17.0 Å². The normalized spacial score (nSPS) is 12.8. The molecule has 3 aromatic heterocycles. The zero-order valence-corrected chi connectivity index (χ0v) is 11.3. The van der Waals surface area contributed by atoms with E-state index in [9.17, 15) is 4.79 Å². The minimum absolute atomic E-state index is 0.0335. The summed E-state index contributed by atoms with van der Waals surface area (Å²) in [4.78, 5) is 11.5. The number of anilines is 1. The van der Waals surface area contributed by atoms with Gasteiger partial charge in [0, 0.05) is 5.56 Å². The maximum absolute atomic E-state index is 11.5. The van der Waals surface area contributed by atoms with Gasteiger partial charge in [0.25, 0.3) is 0 Å². The number of H-pyrrole nitrogens is 1. The molecule has 0 aliphatic heterocycles. The Balaban J connectivity index is 1.93. The van der Waals surface area contributed by atoms with E-state index in [-0.39, 0.29) is 11.7 Å². The van der Waals surface area contributed by atoms with E-state index in [2.05, 4.69) is 25.8 Å². The minimum atomic E-state index is -0.367. The number of hydrogen-bond acceptors (Lipinski definition) is 6. The summed E-state index contributed by atoms with van der Waals surface area (Å²) in [5, 5.41) is 17.5. The molecule has 0 aromatic carbocycles. The number of aromatic amines is 1. The summed E-state index contributed by atoms with van der Waals surface area (Å²) in [5.41, 5.74) is 1.94. The third kappa shape index (κ3) is 1.94. The van der Waals surface area contributed by atoms with Gasteiger partial charge >= 0.3 is 5.69 Å². The van der Waals surface area contributed by atoms with Gasteiger partial charge in [0.1, 0.15) is 11.6 Å². The molecule has 8 nitrogen and oxygen atoms in total. The summed E-state index contributed by atoms with van der Waals surface area (Å²) >= 11 is 0. The molecule has 2 N–H and O–H groups in total. The molecule has 0 spiro atoms. The van der Waals surface area contributed by atoms with Crippen LogP contribution in [-0.2, 0) is 0 Å². The second-order valence-electron chi connectivity index (χ2n) is 4.62. The second-order valence-corrected chi connectivity index (χ2v) is 4.62. The first-order valence-electron chi connectivity index (χ1n) is 6.20. The molecule has 8 heteroatoms. The van der Waals surface area contributed by atoms with E-state index < -0.39 is 0 Å². The van der Waals surface area contributed by atoms with Crippen LogP contribution in [0.25, 0.3) is 5.65 Å². The first-order chi connectivity index (χ1) is 9.56. The van der Waals surface area contributed by atoms with Crippen LogP contribution in [0.4, 0.5) is 5.82 Å². The number of fused-ring (bicyclic) bond motifs is 1. The molecule has 104 valence electrons. The molecule has 0 aliphatic rings. The number of nitrogens with one attached hydrogen (secondary N) is 2. The summed E-state index contributed by atoms with van der Waals surface area (Å²) in [5.74, 6) is 1.34. The molecule has 0 radical (unpaired) electrons. The van der Waals surface area contributed by atoms with Crippen molar-refractivity contribution in [2.45, 2.75) is 26.8 Å². The van der Waals surface area contributed by atoms with Crippen molar-refractivity contribution in [3.8, 4) is 0 Å². The standard InChI is InChI=1S/C12H14N6O2/c1-6(11-7(2)17-20-8(11)3)13-9-4-5-10-14-15-12(19)18(10)16-9/h4-6H,1-3H3,(H,13,16)(H,15,19). The van der Waals surface area contributed by atoms with Crippen molar-refractivity contribution in [1.82, 2.24) is 25.0 Å². The molecule has 0 saturated carbocycles. The molecule has 0 aliphatic carbocycles. The van der Waals surface area contributed by atoms with Crippen LogP contribution in [0, 0.1) is 13.8 Å². The van der Waals surface area contributed by atoms with Crippen molar-refractivity contribution < 1.29 is 4.52 Å². The molecule has 0 amide bonds. The van der Waals surface area contributed by atoms with E-state index >= 15 is 0 Å². The predicted molar refractivity (Wildman–Crippen MR) is 71.6 cm³/mol. The van der Waals surface area contributed by atoms with Gasteiger partial charge in [0.05, 0.1) is 11.7 Å². The quantitative estimate of drug-likeness (QED) is 0.744. The highest BCUT2D eigenvalue weighted by Gasteiger charge is 2.17. The van der Waals surface area contributed by atoms with Crippen molar-refractivity contribution in [2.24, 2.45) is 0 Å². The number of hydrogen-bond donors (Lipinski definition) is 2. The molecule has 3 rings (SSSR count). The van der Waals surface area contributed by atoms with Crippen LogP contribution in [0.2, 0.25) is 0 Å². The molecule has 3 heterocycles. The van der Waals surface area contributed by atoms with Crippen LogP contribution >= 0.6 is 0 Å². The van der Waals surface area contributed by atoms with Crippen molar-refractivity contribution in [1.29, 1.82) is 0 Å². The van der Waals surface area contributed by atoms with Gasteiger partial charge in [0.15, 0.2) is 5.65 Å². The average Bonchev–Trinajstić information content (AvgIpc) is 2.94. The number of rotatable bonds is 3. The van der Waals surface area contributed by atoms with Gasteiger partial charge in [-0.2, -0.15) is 9.61 Å². The van der Waals surface area contributed by atoms with E-state index in [0.29, 0.717) is 11.5 Å². The molecule has 20 heavy (non-hydrogen) atoms. The fourth-order valence-corrected chi connectivity index (χ4v) is 2.28. The summed E-state index contributed by atoms with van der Waals surface area (Å²) in [7, 11) is 0. The highest BCUT2D eigenvalue weighted by atomic mass is 16.5. The van der Waals surface area contributed by atoms with Gasteiger partial charge in [-0.3, -0.25) is 0 Å². The topological polar surface area (TPSA) is 101 Å². The Morgan fingerprint density at radius 3 is 2.90 bits per heavy atom. The first-order valence-corrected chi connectivity index (χ1v) is 6.20. The zero-order chi connectivity index (χ0) is 14.3.